The Bertz CT molecular complexity index is 624. The molecule has 1 aromatic carbocycles. The van der Waals surface area contributed by atoms with Gasteiger partial charge in [0.1, 0.15) is 0 Å². The number of carbonyl (C=O) groups is 4. The van der Waals surface area contributed by atoms with Crippen LogP contribution in [0.5, 0.6) is 0 Å². The molecule has 0 aliphatic carbocycles. The van der Waals surface area contributed by atoms with Gasteiger partial charge in [0, 0.05) is 17.3 Å². The number of esters is 1. The highest BCUT2D eigenvalue weighted by molar-refractivity contribution is 8.00. The second kappa shape index (κ2) is 11.3. The van der Waals surface area contributed by atoms with Crippen LogP contribution >= 0.6 is 23.4 Å². The Morgan fingerprint density at radius 2 is 1.76 bits per heavy atom. The van der Waals surface area contributed by atoms with E-state index in [4.69, 9.17) is 16.3 Å². The fourth-order valence-corrected chi connectivity index (χ4v) is 2.25. The van der Waals surface area contributed by atoms with E-state index in [1.165, 1.54) is 0 Å². The van der Waals surface area contributed by atoms with Gasteiger partial charge in [0.25, 0.3) is 5.91 Å². The predicted octanol–water partition coefficient (Wildman–Crippen LogP) is 1.40. The van der Waals surface area contributed by atoms with Crippen molar-refractivity contribution in [2.45, 2.75) is 6.92 Å². The van der Waals surface area contributed by atoms with Crippen molar-refractivity contribution in [2.75, 3.05) is 30.0 Å². The first-order valence-corrected chi connectivity index (χ1v) is 8.80. The number of hydrogen-bond acceptors (Lipinski definition) is 6. The van der Waals surface area contributed by atoms with Crippen molar-refractivity contribution in [1.82, 2.24) is 10.6 Å². The quantitative estimate of drug-likeness (QED) is 0.581. The number of anilines is 1. The van der Waals surface area contributed by atoms with Gasteiger partial charge in [-0.2, -0.15) is 0 Å². The summed E-state index contributed by atoms with van der Waals surface area (Å²) in [5, 5.41) is 7.57. The van der Waals surface area contributed by atoms with Crippen LogP contribution in [-0.4, -0.2) is 48.5 Å². The van der Waals surface area contributed by atoms with Crippen LogP contribution in [0.3, 0.4) is 0 Å². The van der Waals surface area contributed by atoms with E-state index in [0.717, 1.165) is 11.8 Å². The molecule has 0 aliphatic rings. The van der Waals surface area contributed by atoms with E-state index in [-0.39, 0.29) is 17.4 Å². The topological polar surface area (TPSA) is 114 Å². The number of rotatable bonds is 8. The third-order valence-electron chi connectivity index (χ3n) is 2.54. The van der Waals surface area contributed by atoms with Crippen molar-refractivity contribution in [3.8, 4) is 0 Å². The summed E-state index contributed by atoms with van der Waals surface area (Å²) in [4.78, 5) is 45.6. The third-order valence-corrected chi connectivity index (χ3v) is 3.69. The summed E-state index contributed by atoms with van der Waals surface area (Å²) in [6.45, 7) is 1.51. The molecule has 0 aliphatic heterocycles. The second-order valence-electron chi connectivity index (χ2n) is 4.62. The molecule has 3 N–H and O–H groups in total. The van der Waals surface area contributed by atoms with Crippen LogP contribution in [0.25, 0.3) is 0 Å². The normalized spacial score (nSPS) is 9.84. The number of urea groups is 1. The molecule has 4 amide bonds. The first-order chi connectivity index (χ1) is 11.9. The van der Waals surface area contributed by atoms with E-state index in [2.05, 4.69) is 10.6 Å². The maximum Gasteiger partial charge on any atom is 0.321 e. The summed E-state index contributed by atoms with van der Waals surface area (Å²) in [6.07, 6.45) is 0. The average molecular weight is 388 g/mol. The lowest BCUT2D eigenvalue weighted by Gasteiger charge is -2.07. The third kappa shape index (κ3) is 9.58. The summed E-state index contributed by atoms with van der Waals surface area (Å²) in [5.41, 5.74) is 0.597. The Balaban J connectivity index is 2.17. The zero-order valence-electron chi connectivity index (χ0n) is 13.5. The zero-order valence-corrected chi connectivity index (χ0v) is 15.0. The molecule has 0 spiro atoms. The molecule has 0 heterocycles. The van der Waals surface area contributed by atoms with Gasteiger partial charge in [0.15, 0.2) is 6.61 Å². The molecular weight excluding hydrogens is 370 g/mol. The van der Waals surface area contributed by atoms with Gasteiger partial charge < -0.3 is 15.4 Å². The summed E-state index contributed by atoms with van der Waals surface area (Å²) in [6, 6.07) is 5.96. The molecule has 1 aromatic rings. The maximum atomic E-state index is 11.7. The van der Waals surface area contributed by atoms with Crippen LogP contribution in [0.2, 0.25) is 5.02 Å². The van der Waals surface area contributed by atoms with Crippen molar-refractivity contribution in [2.24, 2.45) is 0 Å². The van der Waals surface area contributed by atoms with Gasteiger partial charge in [0.05, 0.1) is 11.5 Å². The highest BCUT2D eigenvalue weighted by Crippen LogP contribution is 2.13. The van der Waals surface area contributed by atoms with Gasteiger partial charge in [-0.1, -0.05) is 11.6 Å². The molecule has 0 saturated heterocycles. The van der Waals surface area contributed by atoms with E-state index in [1.807, 2.05) is 5.32 Å². The Morgan fingerprint density at radius 3 is 2.40 bits per heavy atom. The number of ether oxygens (including phenoxy) is 1. The summed E-state index contributed by atoms with van der Waals surface area (Å²) in [7, 11) is 0. The minimum absolute atomic E-state index is 0.0445. The average Bonchev–Trinajstić information content (AvgIpc) is 2.55. The van der Waals surface area contributed by atoms with Gasteiger partial charge >= 0.3 is 12.0 Å². The molecule has 0 radical (unpaired) electrons. The highest BCUT2D eigenvalue weighted by atomic mass is 35.5. The van der Waals surface area contributed by atoms with Gasteiger partial charge in [-0.3, -0.25) is 19.7 Å². The van der Waals surface area contributed by atoms with E-state index in [0.29, 0.717) is 17.3 Å². The lowest BCUT2D eigenvalue weighted by atomic mass is 10.3. The van der Waals surface area contributed by atoms with Crippen LogP contribution in [-0.2, 0) is 19.1 Å². The van der Waals surface area contributed by atoms with Gasteiger partial charge in [-0.05, 0) is 31.2 Å². The number of nitrogens with one attached hydrogen (secondary N) is 3. The molecule has 0 fully saturated rings. The lowest BCUT2D eigenvalue weighted by Crippen LogP contribution is -2.41. The molecule has 0 aromatic heterocycles. The highest BCUT2D eigenvalue weighted by Gasteiger charge is 2.11. The fraction of sp³-hybridized carbons (Fsp3) is 0.333. The molecule has 0 saturated carbocycles. The Morgan fingerprint density at radius 1 is 1.08 bits per heavy atom. The van der Waals surface area contributed by atoms with Crippen LogP contribution in [0.4, 0.5) is 10.5 Å². The summed E-state index contributed by atoms with van der Waals surface area (Å²) < 4.78 is 4.70. The number of hydrogen-bond donors (Lipinski definition) is 3. The molecule has 8 nitrogen and oxygen atoms in total. The van der Waals surface area contributed by atoms with E-state index < -0.39 is 24.5 Å². The van der Waals surface area contributed by atoms with Crippen molar-refractivity contribution < 1.29 is 23.9 Å². The maximum absolute atomic E-state index is 11.7. The molecule has 10 heteroatoms. The second-order valence-corrected chi connectivity index (χ2v) is 6.04. The van der Waals surface area contributed by atoms with Crippen LogP contribution < -0.4 is 16.0 Å². The molecule has 0 unspecified atom stereocenters. The standard InChI is InChI=1S/C15H18ClN3O5S/c1-2-17-15(23)19-12(20)7-24-14(22)9-25-8-13(21)18-11-5-3-10(16)4-6-11/h3-6H,2,7-9H2,1H3,(H,18,21)(H2,17,19,20,23). The number of thioether (sulfide) groups is 1. The van der Waals surface area contributed by atoms with Crippen molar-refractivity contribution in [3.05, 3.63) is 29.3 Å². The number of halogens is 1. The molecule has 136 valence electrons. The largest absolute Gasteiger partial charge is 0.455 e. The minimum Gasteiger partial charge on any atom is -0.455 e. The zero-order chi connectivity index (χ0) is 18.7. The van der Waals surface area contributed by atoms with Crippen LogP contribution in [0, 0.1) is 0 Å². The van der Waals surface area contributed by atoms with Crippen molar-refractivity contribution in [3.63, 3.8) is 0 Å². The van der Waals surface area contributed by atoms with Gasteiger partial charge in [0.2, 0.25) is 5.91 Å². The predicted molar refractivity (Wildman–Crippen MR) is 95.6 cm³/mol. The van der Waals surface area contributed by atoms with E-state index in [1.54, 1.807) is 31.2 Å². The smallest absolute Gasteiger partial charge is 0.321 e. The number of amides is 4. The van der Waals surface area contributed by atoms with E-state index >= 15 is 0 Å². The Labute approximate surface area is 154 Å². The van der Waals surface area contributed by atoms with Crippen LogP contribution in [0.1, 0.15) is 6.92 Å². The van der Waals surface area contributed by atoms with Crippen molar-refractivity contribution in [1.29, 1.82) is 0 Å². The number of carbonyl (C=O) groups excluding carboxylic acids is 4. The SMILES string of the molecule is CCNC(=O)NC(=O)COC(=O)CSCC(=O)Nc1ccc(Cl)cc1. The minimum atomic E-state index is -0.732. The number of benzene rings is 1. The Kier molecular flexibility index (Phi) is 9.41. The fourth-order valence-electron chi connectivity index (χ4n) is 1.51. The van der Waals surface area contributed by atoms with E-state index in [9.17, 15) is 19.2 Å². The summed E-state index contributed by atoms with van der Waals surface area (Å²) >= 11 is 6.79. The molecular formula is C15H18ClN3O5S. The monoisotopic (exact) mass is 387 g/mol. The number of imide groups is 1. The lowest BCUT2D eigenvalue weighted by molar-refractivity contribution is -0.145. The molecule has 25 heavy (non-hydrogen) atoms. The van der Waals surface area contributed by atoms with Crippen LogP contribution in [0.15, 0.2) is 24.3 Å². The first-order valence-electron chi connectivity index (χ1n) is 7.27. The molecule has 0 atom stereocenters. The molecule has 0 bridgehead atoms. The first kappa shape index (κ1) is 20.8. The van der Waals surface area contributed by atoms with Gasteiger partial charge in [-0.25, -0.2) is 4.79 Å². The summed E-state index contributed by atoms with van der Waals surface area (Å²) in [5.74, 6) is -1.72. The Hall–Kier alpha value is -2.26. The van der Waals surface area contributed by atoms with Gasteiger partial charge in [-0.15, -0.1) is 11.8 Å². The molecule has 1 rings (SSSR count). The van der Waals surface area contributed by atoms with Crippen molar-refractivity contribution >= 4 is 52.9 Å².